The molecule has 0 atom stereocenters. The van der Waals surface area contributed by atoms with E-state index in [0.29, 0.717) is 5.69 Å². The maximum Gasteiger partial charge on any atom is 0.296 e. The molecule has 0 spiro atoms. The van der Waals surface area contributed by atoms with Crippen molar-refractivity contribution < 1.29 is 13.2 Å². The Kier molecular flexibility index (Phi) is 3.91. The van der Waals surface area contributed by atoms with Crippen LogP contribution in [0.4, 0.5) is 11.4 Å². The van der Waals surface area contributed by atoms with E-state index in [4.69, 9.17) is 5.14 Å². The van der Waals surface area contributed by atoms with E-state index < -0.39 is 10.2 Å². The van der Waals surface area contributed by atoms with Crippen molar-refractivity contribution in [2.24, 2.45) is 5.14 Å². The molecule has 0 saturated carbocycles. The quantitative estimate of drug-likeness (QED) is 0.640. The van der Waals surface area contributed by atoms with E-state index in [9.17, 15) is 13.2 Å². The maximum absolute atomic E-state index is 11.7. The van der Waals surface area contributed by atoms with Crippen LogP contribution < -0.4 is 15.2 Å². The molecule has 1 aromatic heterocycles. The van der Waals surface area contributed by atoms with Crippen molar-refractivity contribution in [1.82, 2.24) is 20.2 Å². The van der Waals surface area contributed by atoms with Gasteiger partial charge in [-0.15, -0.1) is 5.10 Å². The number of nitrogens with zero attached hydrogens (tertiary/aromatic N) is 4. The Labute approximate surface area is 114 Å². The highest BCUT2D eigenvalue weighted by atomic mass is 32.2. The van der Waals surface area contributed by atoms with E-state index in [-0.39, 0.29) is 18.1 Å². The van der Waals surface area contributed by atoms with Gasteiger partial charge in [-0.05, 0) is 28.6 Å². The normalized spacial score (nSPS) is 11.1. The van der Waals surface area contributed by atoms with E-state index in [0.717, 1.165) is 0 Å². The van der Waals surface area contributed by atoms with Crippen molar-refractivity contribution in [2.75, 3.05) is 10.0 Å². The Morgan fingerprint density at radius 2 is 2.10 bits per heavy atom. The van der Waals surface area contributed by atoms with Crippen molar-refractivity contribution in [1.29, 1.82) is 0 Å². The molecule has 10 nitrogen and oxygen atoms in total. The monoisotopic (exact) mass is 297 g/mol. The van der Waals surface area contributed by atoms with Crippen LogP contribution in [0.25, 0.3) is 0 Å². The van der Waals surface area contributed by atoms with Crippen molar-refractivity contribution in [2.45, 2.75) is 6.54 Å². The lowest BCUT2D eigenvalue weighted by molar-refractivity contribution is -0.116. The molecule has 20 heavy (non-hydrogen) atoms. The fraction of sp³-hybridized carbons (Fsp3) is 0.111. The van der Waals surface area contributed by atoms with E-state index >= 15 is 0 Å². The Bertz CT molecular complexity index is 698. The zero-order valence-corrected chi connectivity index (χ0v) is 10.9. The average Bonchev–Trinajstić information content (AvgIpc) is 2.79. The summed E-state index contributed by atoms with van der Waals surface area (Å²) in [5.41, 5.74) is 0.657. The number of carbonyl (C=O) groups is 1. The van der Waals surface area contributed by atoms with Gasteiger partial charge in [-0.3, -0.25) is 9.52 Å². The SMILES string of the molecule is NS(=O)(=O)Nc1cccc(NC(=O)Cn2cnnn2)c1. The first-order valence-electron chi connectivity index (χ1n) is 5.33. The maximum atomic E-state index is 11.7. The fourth-order valence-electron chi connectivity index (χ4n) is 1.43. The summed E-state index contributed by atoms with van der Waals surface area (Å²) in [5.74, 6) is -0.356. The number of anilines is 2. The molecule has 2 rings (SSSR count). The second kappa shape index (κ2) is 5.63. The average molecular weight is 297 g/mol. The van der Waals surface area contributed by atoms with E-state index in [1.54, 1.807) is 12.1 Å². The predicted molar refractivity (Wildman–Crippen MR) is 69.6 cm³/mol. The van der Waals surface area contributed by atoms with Crippen LogP contribution in [0.2, 0.25) is 0 Å². The number of tetrazole rings is 1. The van der Waals surface area contributed by atoms with Crippen LogP contribution in [0, 0.1) is 0 Å². The molecule has 2 aromatic rings. The first-order valence-corrected chi connectivity index (χ1v) is 6.88. The van der Waals surface area contributed by atoms with Gasteiger partial charge in [0.25, 0.3) is 10.2 Å². The number of benzene rings is 1. The van der Waals surface area contributed by atoms with E-state index in [1.165, 1.54) is 23.1 Å². The molecular formula is C9H11N7O3S. The zero-order valence-electron chi connectivity index (χ0n) is 10.1. The minimum Gasteiger partial charge on any atom is -0.324 e. The van der Waals surface area contributed by atoms with Crippen molar-refractivity contribution in [3.05, 3.63) is 30.6 Å². The standard InChI is InChI=1S/C9H11N7O3S/c10-20(18,19)13-8-3-1-2-7(4-8)12-9(17)5-16-6-11-14-15-16/h1-4,6,13H,5H2,(H,12,17)(H2,10,18,19). The Hall–Kier alpha value is -2.53. The van der Waals surface area contributed by atoms with Gasteiger partial charge in [0.2, 0.25) is 5.91 Å². The van der Waals surface area contributed by atoms with Crippen LogP contribution in [0.5, 0.6) is 0 Å². The molecule has 106 valence electrons. The van der Waals surface area contributed by atoms with Gasteiger partial charge < -0.3 is 5.32 Å². The molecule has 0 aliphatic heterocycles. The topological polar surface area (TPSA) is 145 Å². The first kappa shape index (κ1) is 13.9. The van der Waals surface area contributed by atoms with Crippen LogP contribution in [-0.2, 0) is 21.5 Å². The minimum absolute atomic E-state index is 0.0557. The third-order valence-electron chi connectivity index (χ3n) is 2.10. The first-order chi connectivity index (χ1) is 9.42. The number of hydrogen-bond acceptors (Lipinski definition) is 6. The largest absolute Gasteiger partial charge is 0.324 e. The van der Waals surface area contributed by atoms with Crippen LogP contribution in [-0.4, -0.2) is 34.5 Å². The number of nitrogens with one attached hydrogen (secondary N) is 2. The summed E-state index contributed by atoms with van der Waals surface area (Å²) in [6, 6.07) is 6.11. The van der Waals surface area contributed by atoms with Crippen molar-refractivity contribution >= 4 is 27.5 Å². The number of carbonyl (C=O) groups excluding carboxylic acids is 1. The lowest BCUT2D eigenvalue weighted by Crippen LogP contribution is -2.22. The molecular weight excluding hydrogens is 286 g/mol. The summed E-state index contributed by atoms with van der Waals surface area (Å²) in [6.07, 6.45) is 1.30. The highest BCUT2D eigenvalue weighted by Crippen LogP contribution is 2.15. The van der Waals surface area contributed by atoms with Gasteiger partial charge in [-0.25, -0.2) is 9.82 Å². The molecule has 1 amide bonds. The van der Waals surface area contributed by atoms with Gasteiger partial charge in [0.15, 0.2) is 0 Å². The number of amides is 1. The fourth-order valence-corrected chi connectivity index (χ4v) is 1.88. The summed E-state index contributed by atoms with van der Waals surface area (Å²) >= 11 is 0. The lowest BCUT2D eigenvalue weighted by Gasteiger charge is -2.08. The smallest absolute Gasteiger partial charge is 0.296 e. The zero-order chi connectivity index (χ0) is 14.6. The van der Waals surface area contributed by atoms with Gasteiger partial charge in [0.05, 0.1) is 5.69 Å². The number of nitrogens with two attached hydrogens (primary N) is 1. The Morgan fingerprint density at radius 3 is 2.75 bits per heavy atom. The molecule has 0 unspecified atom stereocenters. The molecule has 0 bridgehead atoms. The van der Waals surface area contributed by atoms with Crippen molar-refractivity contribution in [3.63, 3.8) is 0 Å². The number of hydrogen-bond donors (Lipinski definition) is 3. The molecule has 0 radical (unpaired) electrons. The number of rotatable bonds is 5. The summed E-state index contributed by atoms with van der Waals surface area (Å²) in [5, 5.41) is 17.8. The lowest BCUT2D eigenvalue weighted by atomic mass is 10.3. The summed E-state index contributed by atoms with van der Waals surface area (Å²) in [4.78, 5) is 11.7. The van der Waals surface area contributed by atoms with Gasteiger partial charge in [-0.1, -0.05) is 6.07 Å². The molecule has 0 saturated heterocycles. The number of aromatic nitrogens is 4. The van der Waals surface area contributed by atoms with Crippen LogP contribution in [0.1, 0.15) is 0 Å². The van der Waals surface area contributed by atoms with Crippen LogP contribution in [0.15, 0.2) is 30.6 Å². The third-order valence-corrected chi connectivity index (χ3v) is 2.62. The molecule has 1 heterocycles. The summed E-state index contributed by atoms with van der Waals surface area (Å²) < 4.78 is 25.2. The second-order valence-corrected chi connectivity index (χ2v) is 5.08. The molecule has 0 aliphatic rings. The third kappa shape index (κ3) is 4.29. The molecule has 1 aromatic carbocycles. The van der Waals surface area contributed by atoms with Gasteiger partial charge in [0.1, 0.15) is 12.9 Å². The summed E-state index contributed by atoms with van der Waals surface area (Å²) in [6.45, 7) is -0.0557. The molecule has 0 fully saturated rings. The highest BCUT2D eigenvalue weighted by molar-refractivity contribution is 7.90. The predicted octanol–water partition coefficient (Wildman–Crippen LogP) is -1.07. The highest BCUT2D eigenvalue weighted by Gasteiger charge is 2.06. The second-order valence-electron chi connectivity index (χ2n) is 3.78. The Morgan fingerprint density at radius 1 is 1.35 bits per heavy atom. The molecule has 11 heteroatoms. The van der Waals surface area contributed by atoms with Gasteiger partial charge >= 0.3 is 0 Å². The van der Waals surface area contributed by atoms with Gasteiger partial charge in [0, 0.05) is 5.69 Å². The molecule has 4 N–H and O–H groups in total. The minimum atomic E-state index is -3.86. The summed E-state index contributed by atoms with van der Waals surface area (Å²) in [7, 11) is -3.86. The molecule has 0 aliphatic carbocycles. The van der Waals surface area contributed by atoms with E-state index in [1.807, 2.05) is 0 Å². The van der Waals surface area contributed by atoms with Crippen LogP contribution in [0.3, 0.4) is 0 Å². The van der Waals surface area contributed by atoms with Crippen molar-refractivity contribution in [3.8, 4) is 0 Å². The van der Waals surface area contributed by atoms with E-state index in [2.05, 4.69) is 25.6 Å². The van der Waals surface area contributed by atoms with Crippen LogP contribution >= 0.6 is 0 Å². The Balaban J connectivity index is 2.02. The van der Waals surface area contributed by atoms with Gasteiger partial charge in [-0.2, -0.15) is 8.42 Å².